The summed E-state index contributed by atoms with van der Waals surface area (Å²) in [5.41, 5.74) is 4.84. The summed E-state index contributed by atoms with van der Waals surface area (Å²) < 4.78 is 0. The lowest BCUT2D eigenvalue weighted by Gasteiger charge is -2.62. The molecule has 7 atom stereocenters. The Bertz CT molecular complexity index is 881. The van der Waals surface area contributed by atoms with Gasteiger partial charge >= 0.3 is 5.97 Å². The van der Waals surface area contributed by atoms with Gasteiger partial charge in [0.25, 0.3) is 0 Å². The van der Waals surface area contributed by atoms with Crippen molar-refractivity contribution in [2.45, 2.75) is 119 Å². The maximum absolute atomic E-state index is 12.5. The SMILES string of the molecule is C=C(CC[C@H](C(=O)O)[C@@H]1CC[C@]2(C)C3=C(CC[C@]12C)[C@]1(C)CC[C@H](O)C(C)(C)[C@@H]1CC3)C(C)C. The number of rotatable bonds is 6. The van der Waals surface area contributed by atoms with E-state index in [0.717, 1.165) is 64.2 Å². The highest BCUT2D eigenvalue weighted by Crippen LogP contribution is 2.72. The van der Waals surface area contributed by atoms with Gasteiger partial charge in [0, 0.05) is 0 Å². The van der Waals surface area contributed by atoms with Gasteiger partial charge in [-0.1, -0.05) is 71.8 Å². The average Bonchev–Trinajstić information content (AvgIpc) is 3.02. The second-order valence-electron chi connectivity index (χ2n) is 14.0. The number of allylic oxidation sites excluding steroid dienone is 3. The number of aliphatic carboxylic acids is 1. The van der Waals surface area contributed by atoms with Crippen molar-refractivity contribution in [1.29, 1.82) is 0 Å². The summed E-state index contributed by atoms with van der Waals surface area (Å²) >= 11 is 0. The molecule has 2 N–H and O–H groups in total. The molecule has 2 fully saturated rings. The van der Waals surface area contributed by atoms with E-state index in [1.165, 1.54) is 5.57 Å². The van der Waals surface area contributed by atoms with Gasteiger partial charge in [-0.15, -0.1) is 0 Å². The maximum Gasteiger partial charge on any atom is 0.306 e. The van der Waals surface area contributed by atoms with Crippen LogP contribution in [-0.4, -0.2) is 22.3 Å². The highest BCUT2D eigenvalue weighted by atomic mass is 16.4. The van der Waals surface area contributed by atoms with Crippen LogP contribution in [0.1, 0.15) is 113 Å². The molecule has 0 aliphatic heterocycles. The van der Waals surface area contributed by atoms with Crippen LogP contribution in [0.5, 0.6) is 0 Å². The Morgan fingerprint density at radius 3 is 2.29 bits per heavy atom. The van der Waals surface area contributed by atoms with Crippen LogP contribution in [0.4, 0.5) is 0 Å². The van der Waals surface area contributed by atoms with E-state index in [9.17, 15) is 15.0 Å². The van der Waals surface area contributed by atoms with Gasteiger partial charge in [0.1, 0.15) is 0 Å². The van der Waals surface area contributed by atoms with E-state index in [0.29, 0.717) is 11.8 Å². The highest BCUT2D eigenvalue weighted by Gasteiger charge is 2.64. The molecule has 0 aromatic rings. The highest BCUT2D eigenvalue weighted by molar-refractivity contribution is 5.70. The lowest BCUT2D eigenvalue weighted by Crippen LogP contribution is -2.55. The Morgan fingerprint density at radius 1 is 1.00 bits per heavy atom. The van der Waals surface area contributed by atoms with Crippen LogP contribution >= 0.6 is 0 Å². The van der Waals surface area contributed by atoms with E-state index in [1.54, 1.807) is 11.1 Å². The van der Waals surface area contributed by atoms with Crippen molar-refractivity contribution in [3.8, 4) is 0 Å². The van der Waals surface area contributed by atoms with Crippen molar-refractivity contribution < 1.29 is 15.0 Å². The van der Waals surface area contributed by atoms with Crippen LogP contribution in [-0.2, 0) is 4.79 Å². The Hall–Kier alpha value is -1.09. The van der Waals surface area contributed by atoms with Crippen molar-refractivity contribution in [3.05, 3.63) is 23.3 Å². The monoisotopic (exact) mass is 470 g/mol. The van der Waals surface area contributed by atoms with Gasteiger partial charge in [0.15, 0.2) is 0 Å². The summed E-state index contributed by atoms with van der Waals surface area (Å²) in [6, 6.07) is 0. The number of aliphatic hydroxyl groups excluding tert-OH is 1. The summed E-state index contributed by atoms with van der Waals surface area (Å²) in [5.74, 6) is 0.293. The van der Waals surface area contributed by atoms with Crippen LogP contribution in [0.15, 0.2) is 23.3 Å². The summed E-state index contributed by atoms with van der Waals surface area (Å²) in [5, 5.41) is 21.1. The third-order valence-electron chi connectivity index (χ3n) is 12.2. The summed E-state index contributed by atoms with van der Waals surface area (Å²) in [6.45, 7) is 20.5. The molecule has 0 radical (unpaired) electrons. The first kappa shape index (κ1) is 26.0. The third kappa shape index (κ3) is 3.58. The molecule has 0 aromatic carbocycles. The quantitative estimate of drug-likeness (QED) is 0.389. The Balaban J connectivity index is 1.67. The van der Waals surface area contributed by atoms with Crippen molar-refractivity contribution in [3.63, 3.8) is 0 Å². The molecule has 0 aromatic heterocycles. The van der Waals surface area contributed by atoms with Crippen LogP contribution in [0.3, 0.4) is 0 Å². The molecule has 4 aliphatic rings. The largest absolute Gasteiger partial charge is 0.481 e. The van der Waals surface area contributed by atoms with E-state index < -0.39 is 5.97 Å². The van der Waals surface area contributed by atoms with Gasteiger partial charge < -0.3 is 10.2 Å². The summed E-state index contributed by atoms with van der Waals surface area (Å²) in [4.78, 5) is 12.5. The smallest absolute Gasteiger partial charge is 0.306 e. The first-order valence-electron chi connectivity index (χ1n) is 14.0. The molecule has 0 amide bonds. The molecule has 4 aliphatic carbocycles. The Labute approximate surface area is 208 Å². The number of fused-ring (bicyclic) bond motifs is 4. The van der Waals surface area contributed by atoms with Gasteiger partial charge in [-0.05, 0) is 104 Å². The molecule has 3 nitrogen and oxygen atoms in total. The van der Waals surface area contributed by atoms with Crippen LogP contribution in [0.2, 0.25) is 0 Å². The van der Waals surface area contributed by atoms with Gasteiger partial charge in [0.2, 0.25) is 0 Å². The minimum absolute atomic E-state index is 0.0426. The molecule has 0 heterocycles. The molecular formula is C31H50O3. The first-order valence-corrected chi connectivity index (χ1v) is 14.0. The zero-order valence-electron chi connectivity index (χ0n) is 23.0. The maximum atomic E-state index is 12.5. The number of aliphatic hydroxyl groups is 1. The minimum Gasteiger partial charge on any atom is -0.481 e. The second-order valence-corrected chi connectivity index (χ2v) is 14.0. The zero-order chi connectivity index (χ0) is 25.3. The topological polar surface area (TPSA) is 57.5 Å². The van der Waals surface area contributed by atoms with E-state index in [-0.39, 0.29) is 39.6 Å². The van der Waals surface area contributed by atoms with Crippen molar-refractivity contribution in [1.82, 2.24) is 0 Å². The van der Waals surface area contributed by atoms with Crippen LogP contribution < -0.4 is 0 Å². The van der Waals surface area contributed by atoms with E-state index >= 15 is 0 Å². The number of carbonyl (C=O) groups is 1. The van der Waals surface area contributed by atoms with E-state index in [1.807, 2.05) is 0 Å². The fourth-order valence-corrected chi connectivity index (χ4v) is 9.49. The van der Waals surface area contributed by atoms with E-state index in [2.05, 4.69) is 55.0 Å². The van der Waals surface area contributed by atoms with Gasteiger partial charge in [-0.2, -0.15) is 0 Å². The zero-order valence-corrected chi connectivity index (χ0v) is 23.0. The number of hydrogen-bond acceptors (Lipinski definition) is 2. The number of carboxylic acids is 1. The predicted octanol–water partition coefficient (Wildman–Crippen LogP) is 7.79. The van der Waals surface area contributed by atoms with Crippen LogP contribution in [0, 0.1) is 45.3 Å². The molecule has 0 spiro atoms. The van der Waals surface area contributed by atoms with Crippen molar-refractivity contribution in [2.75, 3.05) is 0 Å². The van der Waals surface area contributed by atoms with Crippen molar-refractivity contribution >= 4 is 5.97 Å². The molecule has 34 heavy (non-hydrogen) atoms. The normalized spacial score (nSPS) is 42.1. The van der Waals surface area contributed by atoms with Crippen molar-refractivity contribution in [2.24, 2.45) is 45.3 Å². The molecule has 0 saturated heterocycles. The number of carboxylic acid groups (broad SMARTS) is 1. The molecule has 192 valence electrons. The fraction of sp³-hybridized carbons (Fsp3) is 0.839. The molecule has 0 unspecified atom stereocenters. The Kier molecular flexibility index (Phi) is 6.49. The predicted molar refractivity (Wildman–Crippen MR) is 139 cm³/mol. The molecule has 4 rings (SSSR count). The van der Waals surface area contributed by atoms with Crippen LogP contribution in [0.25, 0.3) is 0 Å². The lowest BCUT2D eigenvalue weighted by atomic mass is 9.43. The molecular weight excluding hydrogens is 420 g/mol. The molecule has 2 saturated carbocycles. The summed E-state index contributed by atoms with van der Waals surface area (Å²) in [7, 11) is 0. The van der Waals surface area contributed by atoms with Gasteiger partial charge in [-0.3, -0.25) is 4.79 Å². The third-order valence-corrected chi connectivity index (χ3v) is 12.2. The standard InChI is InChI=1S/C31H50O3/c1-19(2)20(3)9-10-21(27(33)34)22-13-17-31(8)24-11-12-25-28(4,5)26(32)15-16-29(25,6)23(24)14-18-30(22,31)7/h19,21-22,25-26,32H,3,9-18H2,1-2,4-8H3,(H,33,34)/t21-,22-,25-,26-,29-,30+,31+/m0/s1. The summed E-state index contributed by atoms with van der Waals surface area (Å²) in [6.07, 6.45) is 9.98. The molecule has 3 heteroatoms. The first-order chi connectivity index (χ1) is 15.7. The van der Waals surface area contributed by atoms with Gasteiger partial charge in [-0.25, -0.2) is 0 Å². The Morgan fingerprint density at radius 2 is 1.68 bits per heavy atom. The van der Waals surface area contributed by atoms with E-state index in [4.69, 9.17) is 0 Å². The fourth-order valence-electron chi connectivity index (χ4n) is 9.49. The molecule has 0 bridgehead atoms. The van der Waals surface area contributed by atoms with Gasteiger partial charge in [0.05, 0.1) is 12.0 Å². The number of hydrogen-bond donors (Lipinski definition) is 2. The average molecular weight is 471 g/mol. The lowest BCUT2D eigenvalue weighted by molar-refractivity contribution is -0.146. The minimum atomic E-state index is -0.606. The second kappa shape index (κ2) is 8.49.